The lowest BCUT2D eigenvalue weighted by atomic mass is 9.97. The molecule has 0 spiro atoms. The molecule has 0 radical (unpaired) electrons. The largest absolute Gasteiger partial charge is 0.310 e. The highest BCUT2D eigenvalue weighted by molar-refractivity contribution is 5.65. The fraction of sp³-hybridized carbons (Fsp3) is 0.333. The molecule has 1 unspecified atom stereocenters. The molecule has 2 aromatic rings. The van der Waals surface area contributed by atoms with E-state index in [0.717, 1.165) is 18.5 Å². The smallest absolute Gasteiger partial charge is 0.166 e. The van der Waals surface area contributed by atoms with E-state index in [-0.39, 0.29) is 6.04 Å². The normalized spacial score (nSPS) is 12.4. The fourth-order valence-corrected chi connectivity index (χ4v) is 2.54. The molecule has 0 aliphatic heterocycles. The zero-order valence-corrected chi connectivity index (χ0v) is 12.7. The Morgan fingerprint density at radius 3 is 2.48 bits per heavy atom. The van der Waals surface area contributed by atoms with Crippen LogP contribution in [0.25, 0.3) is 11.1 Å². The standard InChI is InChI=1S/C18H21F2N/c1-4-16(21-5-2)14-8-6-7-13(11-14)15-10-9-12(3)17(19)18(15)20/h6-11,16,21H,4-5H2,1-3H3. The fourth-order valence-electron chi connectivity index (χ4n) is 2.54. The first-order valence-electron chi connectivity index (χ1n) is 7.36. The van der Waals surface area contributed by atoms with Crippen molar-refractivity contribution in [2.24, 2.45) is 0 Å². The molecule has 1 nitrogen and oxygen atoms in total. The zero-order chi connectivity index (χ0) is 15.4. The number of hydrogen-bond donors (Lipinski definition) is 1. The highest BCUT2D eigenvalue weighted by Crippen LogP contribution is 2.28. The second kappa shape index (κ2) is 6.81. The van der Waals surface area contributed by atoms with Gasteiger partial charge in [-0.25, -0.2) is 8.78 Å². The Balaban J connectivity index is 2.44. The highest BCUT2D eigenvalue weighted by Gasteiger charge is 2.14. The third-order valence-electron chi connectivity index (χ3n) is 3.73. The van der Waals surface area contributed by atoms with Gasteiger partial charge in [0.25, 0.3) is 0 Å². The number of halogens is 2. The summed E-state index contributed by atoms with van der Waals surface area (Å²) in [7, 11) is 0. The van der Waals surface area contributed by atoms with Gasteiger partial charge in [0.2, 0.25) is 0 Å². The first-order chi connectivity index (χ1) is 10.1. The molecule has 0 heterocycles. The van der Waals surface area contributed by atoms with Gasteiger partial charge in [-0.05, 0) is 42.6 Å². The monoisotopic (exact) mass is 289 g/mol. The van der Waals surface area contributed by atoms with Gasteiger partial charge in [-0.3, -0.25) is 0 Å². The summed E-state index contributed by atoms with van der Waals surface area (Å²) < 4.78 is 27.9. The van der Waals surface area contributed by atoms with Crippen LogP contribution in [-0.2, 0) is 0 Å². The molecular weight excluding hydrogens is 268 g/mol. The Morgan fingerprint density at radius 2 is 1.81 bits per heavy atom. The molecule has 112 valence electrons. The van der Waals surface area contributed by atoms with Gasteiger partial charge in [0.1, 0.15) is 0 Å². The Labute approximate surface area is 125 Å². The van der Waals surface area contributed by atoms with Gasteiger partial charge >= 0.3 is 0 Å². The Morgan fingerprint density at radius 1 is 1.05 bits per heavy atom. The van der Waals surface area contributed by atoms with Crippen LogP contribution in [0.5, 0.6) is 0 Å². The third kappa shape index (κ3) is 3.30. The van der Waals surface area contributed by atoms with Gasteiger partial charge in [0.05, 0.1) is 0 Å². The summed E-state index contributed by atoms with van der Waals surface area (Å²) in [6.45, 7) is 6.60. The van der Waals surface area contributed by atoms with E-state index in [1.807, 2.05) is 24.3 Å². The van der Waals surface area contributed by atoms with Crippen LogP contribution < -0.4 is 5.32 Å². The lowest BCUT2D eigenvalue weighted by Crippen LogP contribution is -2.19. The van der Waals surface area contributed by atoms with Gasteiger partial charge in [-0.2, -0.15) is 0 Å². The van der Waals surface area contributed by atoms with Crippen LogP contribution in [0, 0.1) is 18.6 Å². The lowest BCUT2D eigenvalue weighted by molar-refractivity contribution is 0.505. The second-order valence-corrected chi connectivity index (χ2v) is 5.20. The summed E-state index contributed by atoms with van der Waals surface area (Å²) in [6.07, 6.45) is 0.946. The van der Waals surface area contributed by atoms with Crippen LogP contribution in [0.3, 0.4) is 0 Å². The summed E-state index contributed by atoms with van der Waals surface area (Å²) in [6, 6.07) is 11.1. The van der Waals surface area contributed by atoms with E-state index in [1.54, 1.807) is 19.1 Å². The molecule has 0 saturated carbocycles. The molecular formula is C18H21F2N. The molecule has 0 bridgehead atoms. The van der Waals surface area contributed by atoms with Crippen molar-refractivity contribution in [2.75, 3.05) is 6.54 Å². The maximum Gasteiger partial charge on any atom is 0.166 e. The third-order valence-corrected chi connectivity index (χ3v) is 3.73. The van der Waals surface area contributed by atoms with Crippen molar-refractivity contribution in [3.63, 3.8) is 0 Å². The first-order valence-corrected chi connectivity index (χ1v) is 7.36. The number of hydrogen-bond acceptors (Lipinski definition) is 1. The van der Waals surface area contributed by atoms with Gasteiger partial charge in [0.15, 0.2) is 11.6 Å². The average Bonchev–Trinajstić information content (AvgIpc) is 2.50. The molecule has 0 aliphatic rings. The summed E-state index contributed by atoms with van der Waals surface area (Å²) >= 11 is 0. The van der Waals surface area contributed by atoms with Crippen LogP contribution in [0.1, 0.15) is 37.4 Å². The number of nitrogens with one attached hydrogen (secondary N) is 1. The van der Waals surface area contributed by atoms with Crippen LogP contribution in [0.15, 0.2) is 36.4 Å². The van der Waals surface area contributed by atoms with E-state index in [1.165, 1.54) is 0 Å². The van der Waals surface area contributed by atoms with Gasteiger partial charge < -0.3 is 5.32 Å². The van der Waals surface area contributed by atoms with Gasteiger partial charge in [0, 0.05) is 11.6 Å². The van der Waals surface area contributed by atoms with E-state index in [4.69, 9.17) is 0 Å². The Kier molecular flexibility index (Phi) is 5.07. The quantitative estimate of drug-likeness (QED) is 0.816. The van der Waals surface area contributed by atoms with Crippen molar-refractivity contribution in [2.45, 2.75) is 33.2 Å². The molecule has 1 atom stereocenters. The SMILES string of the molecule is CCNC(CC)c1cccc(-c2ccc(C)c(F)c2F)c1. The maximum absolute atomic E-state index is 14.1. The summed E-state index contributed by atoms with van der Waals surface area (Å²) in [5, 5.41) is 3.39. The molecule has 2 aromatic carbocycles. The van der Waals surface area contributed by atoms with Crippen molar-refractivity contribution >= 4 is 0 Å². The van der Waals surface area contributed by atoms with E-state index >= 15 is 0 Å². The van der Waals surface area contributed by atoms with Crippen LogP contribution >= 0.6 is 0 Å². The predicted octanol–water partition coefficient (Wildman–Crippen LogP) is 5.00. The van der Waals surface area contributed by atoms with E-state index in [9.17, 15) is 8.78 Å². The second-order valence-electron chi connectivity index (χ2n) is 5.20. The molecule has 0 aliphatic carbocycles. The number of aryl methyl sites for hydroxylation is 1. The summed E-state index contributed by atoms with van der Waals surface area (Å²) in [5.74, 6) is -1.54. The minimum atomic E-state index is -0.774. The van der Waals surface area contributed by atoms with Crippen molar-refractivity contribution in [3.05, 3.63) is 59.2 Å². The van der Waals surface area contributed by atoms with Crippen molar-refractivity contribution in [1.82, 2.24) is 5.32 Å². The Bertz CT molecular complexity index is 623. The lowest BCUT2D eigenvalue weighted by Gasteiger charge is -2.17. The van der Waals surface area contributed by atoms with Crippen LogP contribution in [0.4, 0.5) is 8.78 Å². The zero-order valence-electron chi connectivity index (χ0n) is 12.7. The van der Waals surface area contributed by atoms with E-state index in [2.05, 4.69) is 19.2 Å². The number of rotatable bonds is 5. The number of benzene rings is 2. The molecule has 0 amide bonds. The van der Waals surface area contributed by atoms with Crippen LogP contribution in [0.2, 0.25) is 0 Å². The van der Waals surface area contributed by atoms with E-state index in [0.29, 0.717) is 16.7 Å². The maximum atomic E-state index is 14.1. The molecule has 2 rings (SSSR count). The highest BCUT2D eigenvalue weighted by atomic mass is 19.2. The molecule has 0 aromatic heterocycles. The molecule has 0 fully saturated rings. The first kappa shape index (κ1) is 15.6. The minimum absolute atomic E-state index is 0.230. The molecule has 3 heteroatoms. The Hall–Kier alpha value is -1.74. The topological polar surface area (TPSA) is 12.0 Å². The summed E-state index contributed by atoms with van der Waals surface area (Å²) in [5.41, 5.74) is 2.44. The van der Waals surface area contributed by atoms with Crippen molar-refractivity contribution in [3.8, 4) is 11.1 Å². The predicted molar refractivity (Wildman–Crippen MR) is 83.2 cm³/mol. The van der Waals surface area contributed by atoms with Gasteiger partial charge in [-0.15, -0.1) is 0 Å². The molecule has 1 N–H and O–H groups in total. The molecule has 21 heavy (non-hydrogen) atoms. The molecule has 0 saturated heterocycles. The van der Waals surface area contributed by atoms with E-state index < -0.39 is 11.6 Å². The minimum Gasteiger partial charge on any atom is -0.310 e. The average molecular weight is 289 g/mol. The van der Waals surface area contributed by atoms with Crippen LogP contribution in [-0.4, -0.2) is 6.54 Å². The van der Waals surface area contributed by atoms with Crippen molar-refractivity contribution < 1.29 is 8.78 Å². The van der Waals surface area contributed by atoms with Crippen molar-refractivity contribution in [1.29, 1.82) is 0 Å². The summed E-state index contributed by atoms with van der Waals surface area (Å²) in [4.78, 5) is 0. The van der Waals surface area contributed by atoms with Gasteiger partial charge in [-0.1, -0.05) is 44.2 Å².